The first-order valence-electron chi connectivity index (χ1n) is 0.783. The van der Waals surface area contributed by atoms with Crippen LogP contribution in [-0.2, 0) is 4.57 Å². The van der Waals surface area contributed by atoms with E-state index in [1.54, 1.807) is 0 Å². The quantitative estimate of drug-likeness (QED) is 0.170. The van der Waals surface area contributed by atoms with Crippen LogP contribution in [0.25, 0.3) is 0 Å². The summed E-state index contributed by atoms with van der Waals surface area (Å²) in [5.74, 6) is 0. The predicted octanol–water partition coefficient (Wildman–Crippen LogP) is -6.37. The minimum Gasteiger partial charge on any atom is -1.00 e. The maximum atomic E-state index is 8.88. The zero-order valence-electron chi connectivity index (χ0n) is 7.61. The zero-order chi connectivity index (χ0) is 4.50. The second kappa shape index (κ2) is 12.0. The molecule has 0 saturated heterocycles. The molecule has 0 saturated carbocycles. The van der Waals surface area contributed by atoms with Crippen LogP contribution in [-0.4, -0.2) is 14.7 Å². The largest absolute Gasteiger partial charge is 1.00 e. The average Bonchev–Trinajstić information content (AvgIpc) is 0.722. The Balaban J connectivity index is -0.00000000533. The van der Waals surface area contributed by atoms with Gasteiger partial charge in [-0.15, -0.1) is 0 Å². The van der Waals surface area contributed by atoms with Crippen molar-refractivity contribution in [3.63, 3.8) is 0 Å². The van der Waals surface area contributed by atoms with Gasteiger partial charge in [-0.2, -0.15) is 0 Å². The Labute approximate surface area is 80.1 Å². The Morgan fingerprint density at radius 3 is 1.00 bits per heavy atom. The van der Waals surface area contributed by atoms with E-state index in [4.69, 9.17) is 19.2 Å². The Bertz CT molecular complexity index is 70.2. The molecule has 0 rings (SSSR count). The van der Waals surface area contributed by atoms with Crippen molar-refractivity contribution in [1.82, 2.24) is 12.3 Å². The van der Waals surface area contributed by atoms with Crippen molar-refractivity contribution in [3.8, 4) is 0 Å². The molecular weight excluding hydrogens is 137 g/mol. The second-order valence-corrected chi connectivity index (χ2v) is 1.54. The van der Waals surface area contributed by atoms with Crippen molar-refractivity contribution in [2.75, 3.05) is 0 Å². The van der Waals surface area contributed by atoms with Gasteiger partial charge in [0.2, 0.25) is 0 Å². The maximum Gasteiger partial charge on any atom is 1.00 e. The SMILES string of the molecule is N.N.O=P(O)(O)O.[H-].[H-].[Li+].[Li+]. The zero-order valence-corrected chi connectivity index (χ0v) is 6.51. The van der Waals surface area contributed by atoms with Crippen LogP contribution in [0.2, 0.25) is 0 Å². The summed E-state index contributed by atoms with van der Waals surface area (Å²) in [6.07, 6.45) is 0. The van der Waals surface area contributed by atoms with Gasteiger partial charge < -0.3 is 29.8 Å². The summed E-state index contributed by atoms with van der Waals surface area (Å²) < 4.78 is 8.88. The van der Waals surface area contributed by atoms with Crippen LogP contribution < -0.4 is 50.0 Å². The normalized spacial score (nSPS) is 6.56. The van der Waals surface area contributed by atoms with Gasteiger partial charge in [0.25, 0.3) is 0 Å². The van der Waals surface area contributed by atoms with Gasteiger partial charge >= 0.3 is 45.5 Å². The van der Waals surface area contributed by atoms with Crippen LogP contribution in [0.15, 0.2) is 0 Å². The summed E-state index contributed by atoms with van der Waals surface area (Å²) in [5.41, 5.74) is 0. The van der Waals surface area contributed by atoms with E-state index in [0.717, 1.165) is 0 Å². The molecule has 0 aliphatic carbocycles. The Morgan fingerprint density at radius 1 is 1.00 bits per heavy atom. The molecule has 0 radical (unpaired) electrons. The molecule has 0 aromatic rings. The topological polar surface area (TPSA) is 148 Å². The van der Waals surface area contributed by atoms with Crippen molar-refractivity contribution in [1.29, 1.82) is 0 Å². The van der Waals surface area contributed by atoms with Crippen molar-refractivity contribution < 1.29 is 59.8 Å². The standard InChI is InChI=1S/2Li.2H3N.H3O4P.2H/c;;;;1-5(2,3)4;;/h;;2*1H3;(H3,1,2,3,4);;/q2*+1;;;;2*-1. The average molecular weight is 148 g/mol. The van der Waals surface area contributed by atoms with E-state index in [9.17, 15) is 0 Å². The molecule has 0 aromatic heterocycles. The first-order chi connectivity index (χ1) is 2.00. The Hall–Kier alpha value is 1.22. The molecule has 0 aliphatic heterocycles. The first kappa shape index (κ1) is 31.9. The smallest absolute Gasteiger partial charge is 1.00 e. The van der Waals surface area contributed by atoms with Gasteiger partial charge in [0.15, 0.2) is 0 Å². The fraction of sp³-hybridized carbons (Fsp3) is 0. The summed E-state index contributed by atoms with van der Waals surface area (Å²) >= 11 is 0. The molecule has 9 heteroatoms. The van der Waals surface area contributed by atoms with Crippen LogP contribution in [0, 0.1) is 0 Å². The van der Waals surface area contributed by atoms with Crippen molar-refractivity contribution >= 4 is 7.82 Å². The molecule has 9 N–H and O–H groups in total. The molecule has 52 valence electrons. The maximum absolute atomic E-state index is 8.88. The van der Waals surface area contributed by atoms with Crippen LogP contribution >= 0.6 is 7.82 Å². The summed E-state index contributed by atoms with van der Waals surface area (Å²) in [5, 5.41) is 0. The Kier molecular flexibility index (Phi) is 42.3. The van der Waals surface area contributed by atoms with E-state index in [0.29, 0.717) is 0 Å². The van der Waals surface area contributed by atoms with Crippen molar-refractivity contribution in [3.05, 3.63) is 0 Å². The van der Waals surface area contributed by atoms with Crippen molar-refractivity contribution in [2.45, 2.75) is 0 Å². The van der Waals surface area contributed by atoms with E-state index in [-0.39, 0.29) is 52.9 Å². The molecule has 0 aliphatic rings. The summed E-state index contributed by atoms with van der Waals surface area (Å²) in [7, 11) is -4.64. The fourth-order valence-corrected chi connectivity index (χ4v) is 0. The molecule has 0 fully saturated rings. The van der Waals surface area contributed by atoms with Crippen molar-refractivity contribution in [2.24, 2.45) is 0 Å². The minimum atomic E-state index is -4.64. The molecule has 6 nitrogen and oxygen atoms in total. The van der Waals surface area contributed by atoms with Gasteiger partial charge in [0.05, 0.1) is 0 Å². The fourth-order valence-electron chi connectivity index (χ4n) is 0. The van der Waals surface area contributed by atoms with E-state index in [2.05, 4.69) is 0 Å². The van der Waals surface area contributed by atoms with E-state index >= 15 is 0 Å². The minimum absolute atomic E-state index is 0. The summed E-state index contributed by atoms with van der Waals surface area (Å²) in [6, 6.07) is 0. The number of hydrogen-bond donors (Lipinski definition) is 5. The summed E-state index contributed by atoms with van der Waals surface area (Å²) in [6.45, 7) is 0. The van der Waals surface area contributed by atoms with Gasteiger partial charge in [-0.3, -0.25) is 0 Å². The van der Waals surface area contributed by atoms with Crippen LogP contribution in [0.5, 0.6) is 0 Å². The monoisotopic (exact) mass is 148 g/mol. The summed E-state index contributed by atoms with van der Waals surface area (Å²) in [4.78, 5) is 21.6. The third-order valence-electron chi connectivity index (χ3n) is 0. The van der Waals surface area contributed by atoms with Crippen LogP contribution in [0.1, 0.15) is 2.85 Å². The second-order valence-electron chi connectivity index (χ2n) is 0.513. The molecule has 9 heavy (non-hydrogen) atoms. The molecule has 0 bridgehead atoms. The molecule has 0 unspecified atom stereocenters. The van der Waals surface area contributed by atoms with Gasteiger partial charge in [-0.25, -0.2) is 4.57 Å². The third-order valence-corrected chi connectivity index (χ3v) is 0. The van der Waals surface area contributed by atoms with E-state index in [1.807, 2.05) is 0 Å². The van der Waals surface area contributed by atoms with Gasteiger partial charge in [0.1, 0.15) is 0 Å². The molecular formula is H11Li2N2O4P. The molecule has 0 aromatic carbocycles. The molecule has 0 spiro atoms. The molecule has 0 amide bonds. The van der Waals surface area contributed by atoms with Gasteiger partial charge in [-0.05, 0) is 0 Å². The van der Waals surface area contributed by atoms with Gasteiger partial charge in [0, 0.05) is 0 Å². The van der Waals surface area contributed by atoms with E-state index in [1.165, 1.54) is 0 Å². The molecule has 0 heterocycles. The van der Waals surface area contributed by atoms with Crippen LogP contribution in [0.4, 0.5) is 0 Å². The number of hydrogen-bond acceptors (Lipinski definition) is 3. The van der Waals surface area contributed by atoms with Gasteiger partial charge in [-0.1, -0.05) is 0 Å². The van der Waals surface area contributed by atoms with Crippen LogP contribution in [0.3, 0.4) is 0 Å². The molecule has 0 atom stereocenters. The predicted molar refractivity (Wildman–Crippen MR) is 26.5 cm³/mol. The van der Waals surface area contributed by atoms with E-state index < -0.39 is 7.82 Å². The number of rotatable bonds is 0. The third kappa shape index (κ3) is 321. The Morgan fingerprint density at radius 2 is 1.00 bits per heavy atom. The number of phosphoric acid groups is 1. The first-order valence-corrected chi connectivity index (χ1v) is 2.35.